The van der Waals surface area contributed by atoms with Crippen LogP contribution in [0.15, 0.2) is 48.5 Å². The summed E-state index contributed by atoms with van der Waals surface area (Å²) in [5.74, 6) is -0.0608. The molecule has 2 aliphatic rings. The van der Waals surface area contributed by atoms with Gasteiger partial charge < -0.3 is 5.32 Å². The summed E-state index contributed by atoms with van der Waals surface area (Å²) < 4.78 is 14.4. The van der Waals surface area contributed by atoms with Gasteiger partial charge in [0.05, 0.1) is 0 Å². The van der Waals surface area contributed by atoms with Gasteiger partial charge in [0.25, 0.3) is 5.91 Å². The minimum atomic E-state index is -0.254. The van der Waals surface area contributed by atoms with Crippen LogP contribution in [0.3, 0.4) is 0 Å². The number of carbonyl (C=O) groups is 1. The van der Waals surface area contributed by atoms with Gasteiger partial charge >= 0.3 is 0 Å². The number of amides is 1. The quantitative estimate of drug-likeness (QED) is 0.925. The van der Waals surface area contributed by atoms with Gasteiger partial charge in [0.2, 0.25) is 0 Å². The lowest BCUT2D eigenvalue weighted by molar-refractivity contribution is 0.0950. The molecule has 0 aromatic heterocycles. The molecule has 2 aromatic rings. The second-order valence-electron chi connectivity index (χ2n) is 6.46. The molecule has 2 aromatic carbocycles. The van der Waals surface area contributed by atoms with Gasteiger partial charge in [0, 0.05) is 43.2 Å². The molecule has 118 valence electrons. The molecule has 0 unspecified atom stereocenters. The summed E-state index contributed by atoms with van der Waals surface area (Å²) in [4.78, 5) is 14.5. The van der Waals surface area contributed by atoms with Crippen LogP contribution in [0.1, 0.15) is 27.4 Å². The normalized spacial score (nSPS) is 23.8. The molecule has 0 radical (unpaired) electrons. The standard InChI is InChI=1S/C19H19FN2O/c20-17-8-4-7-15-18(17)16-12-22(10-13-5-2-1-3-6-13)11-14(16)9-21-19(15)23/h1-8,14,16H,9-12H2,(H,21,23)/t14-,16+/m0/s1. The maximum atomic E-state index is 14.4. The van der Waals surface area contributed by atoms with E-state index >= 15 is 0 Å². The Morgan fingerprint density at radius 2 is 1.91 bits per heavy atom. The van der Waals surface area contributed by atoms with Crippen molar-refractivity contribution in [1.82, 2.24) is 10.2 Å². The molecule has 2 atom stereocenters. The highest BCUT2D eigenvalue weighted by Crippen LogP contribution is 2.37. The van der Waals surface area contributed by atoms with E-state index in [4.69, 9.17) is 0 Å². The van der Waals surface area contributed by atoms with Gasteiger partial charge in [-0.2, -0.15) is 0 Å². The average Bonchev–Trinajstić information content (AvgIpc) is 2.90. The molecule has 1 N–H and O–H groups in total. The van der Waals surface area contributed by atoms with Crippen LogP contribution in [-0.4, -0.2) is 30.4 Å². The third kappa shape index (κ3) is 2.63. The smallest absolute Gasteiger partial charge is 0.251 e. The number of fused-ring (bicyclic) bond motifs is 3. The first kappa shape index (κ1) is 14.4. The predicted octanol–water partition coefficient (Wildman–Crippen LogP) is 2.78. The van der Waals surface area contributed by atoms with Gasteiger partial charge in [-0.25, -0.2) is 4.39 Å². The fourth-order valence-electron chi connectivity index (χ4n) is 3.90. The topological polar surface area (TPSA) is 32.3 Å². The number of rotatable bonds is 2. The fraction of sp³-hybridized carbons (Fsp3) is 0.316. The van der Waals surface area contributed by atoms with Crippen molar-refractivity contribution in [3.05, 3.63) is 71.0 Å². The van der Waals surface area contributed by atoms with E-state index in [1.807, 2.05) is 18.2 Å². The third-order valence-electron chi connectivity index (χ3n) is 4.96. The monoisotopic (exact) mass is 310 g/mol. The summed E-state index contributed by atoms with van der Waals surface area (Å²) >= 11 is 0. The van der Waals surface area contributed by atoms with Crippen molar-refractivity contribution in [3.63, 3.8) is 0 Å². The maximum absolute atomic E-state index is 14.4. The number of likely N-dealkylation sites (tertiary alicyclic amines) is 1. The summed E-state index contributed by atoms with van der Waals surface area (Å²) in [5.41, 5.74) is 2.36. The van der Waals surface area contributed by atoms with Gasteiger partial charge in [-0.3, -0.25) is 9.69 Å². The molecule has 4 heteroatoms. The first-order valence-corrected chi connectivity index (χ1v) is 8.05. The Labute approximate surface area is 135 Å². The number of nitrogens with zero attached hydrogens (tertiary/aromatic N) is 1. The van der Waals surface area contributed by atoms with Crippen molar-refractivity contribution in [1.29, 1.82) is 0 Å². The Morgan fingerprint density at radius 3 is 2.74 bits per heavy atom. The summed E-state index contributed by atoms with van der Waals surface area (Å²) in [6.07, 6.45) is 0. The van der Waals surface area contributed by atoms with Crippen LogP contribution < -0.4 is 5.32 Å². The largest absolute Gasteiger partial charge is 0.352 e. The Kier molecular flexibility index (Phi) is 3.62. The number of nitrogens with one attached hydrogen (secondary N) is 1. The van der Waals surface area contributed by atoms with Crippen LogP contribution >= 0.6 is 0 Å². The Bertz CT molecular complexity index is 731. The lowest BCUT2D eigenvalue weighted by Crippen LogP contribution is -2.29. The lowest BCUT2D eigenvalue weighted by atomic mass is 9.87. The van der Waals surface area contributed by atoms with Gasteiger partial charge in [-0.05, 0) is 23.6 Å². The molecule has 2 aliphatic heterocycles. The number of carbonyl (C=O) groups excluding carboxylic acids is 1. The Hall–Kier alpha value is -2.20. The van der Waals surface area contributed by atoms with E-state index in [2.05, 4.69) is 22.3 Å². The highest BCUT2D eigenvalue weighted by molar-refractivity contribution is 5.96. The number of hydrogen-bond donors (Lipinski definition) is 1. The Balaban J connectivity index is 1.63. The van der Waals surface area contributed by atoms with Crippen LogP contribution in [0.5, 0.6) is 0 Å². The SMILES string of the molecule is O=C1NC[C@H]2CN(Cc3ccccc3)C[C@H]2c2c(F)cccc21. The molecule has 4 rings (SSSR count). The number of benzene rings is 2. The highest BCUT2D eigenvalue weighted by Gasteiger charge is 2.39. The molecule has 0 aliphatic carbocycles. The van der Waals surface area contributed by atoms with Crippen molar-refractivity contribution in [3.8, 4) is 0 Å². The zero-order valence-corrected chi connectivity index (χ0v) is 12.8. The second kappa shape index (κ2) is 5.78. The fourth-order valence-corrected chi connectivity index (χ4v) is 3.90. The van der Waals surface area contributed by atoms with Gasteiger partial charge in [0.1, 0.15) is 5.82 Å². The minimum absolute atomic E-state index is 0.0777. The van der Waals surface area contributed by atoms with E-state index in [9.17, 15) is 9.18 Å². The molecule has 0 spiro atoms. The maximum Gasteiger partial charge on any atom is 0.251 e. The van der Waals surface area contributed by atoms with E-state index in [0.717, 1.165) is 19.6 Å². The molecular formula is C19H19FN2O. The summed E-state index contributed by atoms with van der Waals surface area (Å²) in [7, 11) is 0. The molecule has 23 heavy (non-hydrogen) atoms. The minimum Gasteiger partial charge on any atom is -0.352 e. The van der Waals surface area contributed by atoms with Gasteiger partial charge in [0.15, 0.2) is 0 Å². The average molecular weight is 310 g/mol. The zero-order valence-electron chi connectivity index (χ0n) is 12.8. The van der Waals surface area contributed by atoms with Gasteiger partial charge in [-0.1, -0.05) is 36.4 Å². The molecule has 1 saturated heterocycles. The molecule has 3 nitrogen and oxygen atoms in total. The van der Waals surface area contributed by atoms with E-state index in [-0.39, 0.29) is 23.6 Å². The highest BCUT2D eigenvalue weighted by atomic mass is 19.1. The third-order valence-corrected chi connectivity index (χ3v) is 4.96. The van der Waals surface area contributed by atoms with Crippen molar-refractivity contribution in [2.24, 2.45) is 5.92 Å². The molecule has 1 amide bonds. The van der Waals surface area contributed by atoms with Crippen molar-refractivity contribution < 1.29 is 9.18 Å². The van der Waals surface area contributed by atoms with E-state index < -0.39 is 0 Å². The lowest BCUT2D eigenvalue weighted by Gasteiger charge is -2.18. The first-order chi connectivity index (χ1) is 11.2. The number of hydrogen-bond acceptors (Lipinski definition) is 2. The second-order valence-corrected chi connectivity index (χ2v) is 6.46. The van der Waals surface area contributed by atoms with Crippen molar-refractivity contribution in [2.75, 3.05) is 19.6 Å². The first-order valence-electron chi connectivity index (χ1n) is 8.05. The Morgan fingerprint density at radius 1 is 1.09 bits per heavy atom. The van der Waals surface area contributed by atoms with E-state index in [1.165, 1.54) is 11.6 Å². The van der Waals surface area contributed by atoms with Crippen molar-refractivity contribution in [2.45, 2.75) is 12.5 Å². The molecule has 2 heterocycles. The van der Waals surface area contributed by atoms with E-state index in [0.29, 0.717) is 17.7 Å². The molecule has 0 bridgehead atoms. The van der Waals surface area contributed by atoms with Crippen LogP contribution in [-0.2, 0) is 6.54 Å². The summed E-state index contributed by atoms with van der Waals surface area (Å²) in [6.45, 7) is 3.16. The van der Waals surface area contributed by atoms with Crippen molar-refractivity contribution >= 4 is 5.91 Å². The van der Waals surface area contributed by atoms with Crippen LogP contribution in [0.25, 0.3) is 0 Å². The van der Waals surface area contributed by atoms with Crippen LogP contribution in [0, 0.1) is 11.7 Å². The number of halogens is 1. The van der Waals surface area contributed by atoms with Crippen LogP contribution in [0.2, 0.25) is 0 Å². The molecular weight excluding hydrogens is 291 g/mol. The molecule has 0 saturated carbocycles. The van der Waals surface area contributed by atoms with Crippen LogP contribution in [0.4, 0.5) is 4.39 Å². The summed E-state index contributed by atoms with van der Waals surface area (Å²) in [6, 6.07) is 15.1. The predicted molar refractivity (Wildman–Crippen MR) is 86.7 cm³/mol. The van der Waals surface area contributed by atoms with E-state index in [1.54, 1.807) is 12.1 Å². The summed E-state index contributed by atoms with van der Waals surface area (Å²) in [5, 5.41) is 2.95. The molecule has 1 fully saturated rings. The zero-order chi connectivity index (χ0) is 15.8. The van der Waals surface area contributed by atoms with Gasteiger partial charge in [-0.15, -0.1) is 0 Å².